The van der Waals surface area contributed by atoms with Crippen molar-refractivity contribution in [3.8, 4) is 0 Å². The van der Waals surface area contributed by atoms with Gasteiger partial charge in [-0.1, -0.05) is 49.6 Å². The molecule has 0 unspecified atom stereocenters. The summed E-state index contributed by atoms with van der Waals surface area (Å²) in [6.45, 7) is 0.685. The molecule has 142 valence electrons. The predicted molar refractivity (Wildman–Crippen MR) is 104 cm³/mol. The fraction of sp³-hybridized carbons (Fsp3) is 0.636. The molecule has 0 heterocycles. The van der Waals surface area contributed by atoms with E-state index in [1.165, 1.54) is 24.8 Å². The maximum Gasteiger partial charge on any atom is 0.223 e. The first-order valence-electron chi connectivity index (χ1n) is 10.3. The van der Waals surface area contributed by atoms with Crippen molar-refractivity contribution in [3.05, 3.63) is 35.9 Å². The minimum Gasteiger partial charge on any atom is -0.356 e. The van der Waals surface area contributed by atoms with E-state index in [0.29, 0.717) is 12.6 Å². The summed E-state index contributed by atoms with van der Waals surface area (Å²) in [7, 11) is 0. The molecule has 0 atom stereocenters. The van der Waals surface area contributed by atoms with Crippen molar-refractivity contribution < 1.29 is 9.59 Å². The number of amides is 2. The van der Waals surface area contributed by atoms with Crippen molar-refractivity contribution in [1.82, 2.24) is 10.6 Å². The van der Waals surface area contributed by atoms with Gasteiger partial charge in [-0.3, -0.25) is 9.59 Å². The van der Waals surface area contributed by atoms with Crippen LogP contribution in [-0.2, 0) is 16.0 Å². The van der Waals surface area contributed by atoms with Gasteiger partial charge >= 0.3 is 0 Å². The summed E-state index contributed by atoms with van der Waals surface area (Å²) in [5.74, 6) is 0.557. The molecule has 2 aliphatic carbocycles. The van der Waals surface area contributed by atoms with Crippen LogP contribution < -0.4 is 10.6 Å². The smallest absolute Gasteiger partial charge is 0.223 e. The molecule has 0 saturated heterocycles. The molecule has 0 radical (unpaired) electrons. The molecule has 2 saturated carbocycles. The average molecular weight is 357 g/mol. The monoisotopic (exact) mass is 356 g/mol. The zero-order chi connectivity index (χ0) is 18.2. The van der Waals surface area contributed by atoms with E-state index >= 15 is 0 Å². The lowest BCUT2D eigenvalue weighted by atomic mass is 9.81. The third-order valence-electron chi connectivity index (χ3n) is 5.98. The van der Waals surface area contributed by atoms with Gasteiger partial charge in [0, 0.05) is 24.4 Å². The fourth-order valence-corrected chi connectivity index (χ4v) is 4.30. The van der Waals surface area contributed by atoms with Crippen molar-refractivity contribution in [2.75, 3.05) is 6.54 Å². The molecule has 0 aliphatic heterocycles. The van der Waals surface area contributed by atoms with Gasteiger partial charge in [0.1, 0.15) is 0 Å². The minimum absolute atomic E-state index is 0.0736. The highest BCUT2D eigenvalue weighted by Gasteiger charge is 2.30. The van der Waals surface area contributed by atoms with Crippen LogP contribution in [0.2, 0.25) is 0 Å². The Bertz CT molecular complexity index is 573. The van der Waals surface area contributed by atoms with Crippen molar-refractivity contribution >= 4 is 11.8 Å². The summed E-state index contributed by atoms with van der Waals surface area (Å²) in [4.78, 5) is 24.8. The van der Waals surface area contributed by atoms with Gasteiger partial charge in [-0.15, -0.1) is 0 Å². The van der Waals surface area contributed by atoms with Gasteiger partial charge in [0.2, 0.25) is 11.8 Å². The molecule has 1 aromatic carbocycles. The zero-order valence-corrected chi connectivity index (χ0v) is 15.7. The first-order valence-corrected chi connectivity index (χ1v) is 10.3. The Kier molecular flexibility index (Phi) is 7.10. The first-order chi connectivity index (χ1) is 12.7. The molecular weight excluding hydrogens is 324 g/mol. The summed E-state index contributed by atoms with van der Waals surface area (Å²) in [5.41, 5.74) is 1.25. The van der Waals surface area contributed by atoms with Crippen molar-refractivity contribution in [2.24, 2.45) is 11.8 Å². The number of carbonyl (C=O) groups excluding carboxylic acids is 2. The van der Waals surface area contributed by atoms with E-state index in [1.807, 2.05) is 18.2 Å². The highest BCUT2D eigenvalue weighted by molar-refractivity contribution is 5.81. The Morgan fingerprint density at radius 3 is 2.08 bits per heavy atom. The molecule has 3 rings (SSSR count). The Labute approximate surface area is 157 Å². The van der Waals surface area contributed by atoms with Crippen LogP contribution in [0.1, 0.15) is 63.4 Å². The van der Waals surface area contributed by atoms with Gasteiger partial charge in [0.25, 0.3) is 0 Å². The lowest BCUT2D eigenvalue weighted by Gasteiger charge is -2.29. The van der Waals surface area contributed by atoms with Crippen molar-refractivity contribution in [2.45, 2.75) is 70.3 Å². The highest BCUT2D eigenvalue weighted by Crippen LogP contribution is 2.29. The highest BCUT2D eigenvalue weighted by atomic mass is 16.2. The molecular formula is C22H32N2O2. The van der Waals surface area contributed by atoms with Crippen LogP contribution in [0.25, 0.3) is 0 Å². The van der Waals surface area contributed by atoms with Gasteiger partial charge in [0.05, 0.1) is 0 Å². The van der Waals surface area contributed by atoms with Gasteiger partial charge in [-0.2, -0.15) is 0 Å². The Morgan fingerprint density at radius 2 is 1.42 bits per heavy atom. The predicted octanol–water partition coefficient (Wildman–Crippen LogP) is 3.60. The number of rotatable bonds is 6. The van der Waals surface area contributed by atoms with E-state index in [9.17, 15) is 9.59 Å². The minimum atomic E-state index is 0.0736. The molecule has 2 amide bonds. The maximum atomic E-state index is 12.5. The molecule has 26 heavy (non-hydrogen) atoms. The molecule has 1 aromatic rings. The quantitative estimate of drug-likeness (QED) is 0.818. The van der Waals surface area contributed by atoms with Crippen LogP contribution in [0.5, 0.6) is 0 Å². The summed E-state index contributed by atoms with van der Waals surface area (Å²) in [6.07, 6.45) is 10.3. The number of hydrogen-bond donors (Lipinski definition) is 2. The second-order valence-electron chi connectivity index (χ2n) is 7.92. The lowest BCUT2D eigenvalue weighted by molar-refractivity contribution is -0.131. The summed E-state index contributed by atoms with van der Waals surface area (Å²) in [6, 6.07) is 10.6. The number of benzene rings is 1. The molecule has 2 N–H and O–H groups in total. The third kappa shape index (κ3) is 5.58. The maximum absolute atomic E-state index is 12.5. The van der Waals surface area contributed by atoms with Crippen LogP contribution in [0.4, 0.5) is 0 Å². The van der Waals surface area contributed by atoms with E-state index in [-0.39, 0.29) is 23.7 Å². The van der Waals surface area contributed by atoms with E-state index in [0.717, 1.165) is 44.9 Å². The Balaban J connectivity index is 1.34. The molecule has 4 heteroatoms. The number of nitrogens with one attached hydrogen (secondary N) is 2. The second kappa shape index (κ2) is 9.75. The normalized spacial score (nSPS) is 24.0. The largest absolute Gasteiger partial charge is 0.356 e. The molecule has 4 nitrogen and oxygen atoms in total. The van der Waals surface area contributed by atoms with Crippen LogP contribution in [0, 0.1) is 11.8 Å². The third-order valence-corrected chi connectivity index (χ3v) is 5.98. The Morgan fingerprint density at radius 1 is 0.808 bits per heavy atom. The Hall–Kier alpha value is -1.84. The summed E-state index contributed by atoms with van der Waals surface area (Å²) < 4.78 is 0. The first kappa shape index (κ1) is 18.9. The van der Waals surface area contributed by atoms with Crippen molar-refractivity contribution in [3.63, 3.8) is 0 Å². The van der Waals surface area contributed by atoms with Gasteiger partial charge in [-0.25, -0.2) is 0 Å². The standard InChI is InChI=1S/C22H32N2O2/c25-21(23-16-15-17-7-3-1-4-8-17)18-11-13-19(14-12-18)22(26)24-20-9-5-2-6-10-20/h1,3-4,7-8,18-20H,2,5-6,9-16H2,(H,23,25)(H,24,26). The van der Waals surface area contributed by atoms with Crippen LogP contribution in [-0.4, -0.2) is 24.4 Å². The molecule has 2 fully saturated rings. The SMILES string of the molecule is O=C(NCCc1ccccc1)C1CCC(C(=O)NC2CCCCC2)CC1. The summed E-state index contributed by atoms with van der Waals surface area (Å²) in [5, 5.41) is 6.32. The van der Waals surface area contributed by atoms with Crippen LogP contribution >= 0.6 is 0 Å². The van der Waals surface area contributed by atoms with E-state index < -0.39 is 0 Å². The molecule has 0 bridgehead atoms. The zero-order valence-electron chi connectivity index (χ0n) is 15.7. The topological polar surface area (TPSA) is 58.2 Å². The van der Waals surface area contributed by atoms with Gasteiger partial charge in [0.15, 0.2) is 0 Å². The van der Waals surface area contributed by atoms with Gasteiger partial charge in [-0.05, 0) is 50.5 Å². The summed E-state index contributed by atoms with van der Waals surface area (Å²) >= 11 is 0. The number of hydrogen-bond acceptors (Lipinski definition) is 2. The molecule has 2 aliphatic rings. The van der Waals surface area contributed by atoms with Crippen LogP contribution in [0.15, 0.2) is 30.3 Å². The van der Waals surface area contributed by atoms with Gasteiger partial charge < -0.3 is 10.6 Å². The number of carbonyl (C=O) groups is 2. The second-order valence-corrected chi connectivity index (χ2v) is 7.92. The van der Waals surface area contributed by atoms with Crippen molar-refractivity contribution in [1.29, 1.82) is 0 Å². The molecule has 0 spiro atoms. The van der Waals surface area contributed by atoms with Crippen LogP contribution in [0.3, 0.4) is 0 Å². The van der Waals surface area contributed by atoms with E-state index in [1.54, 1.807) is 0 Å². The molecule has 0 aromatic heterocycles. The van der Waals surface area contributed by atoms with E-state index in [4.69, 9.17) is 0 Å². The lowest BCUT2D eigenvalue weighted by Crippen LogP contribution is -2.42. The fourth-order valence-electron chi connectivity index (χ4n) is 4.30. The average Bonchev–Trinajstić information content (AvgIpc) is 2.69. The van der Waals surface area contributed by atoms with E-state index in [2.05, 4.69) is 22.8 Å².